The maximum Gasteiger partial charge on any atom is 0.259 e. The number of carbonyl (C=O) groups is 1. The highest BCUT2D eigenvalue weighted by Gasteiger charge is 2.15. The maximum absolute atomic E-state index is 12.3. The topological polar surface area (TPSA) is 105 Å². The molecule has 0 bridgehead atoms. The highest BCUT2D eigenvalue weighted by atomic mass is 35.5. The lowest BCUT2D eigenvalue weighted by Crippen LogP contribution is -2.23. The number of rotatable bonds is 5. The number of hydrogen-bond acceptors (Lipinski definition) is 6. The number of hydrazone groups is 1. The maximum atomic E-state index is 12.3. The predicted molar refractivity (Wildman–Crippen MR) is 127 cm³/mol. The summed E-state index contributed by atoms with van der Waals surface area (Å²) in [5.74, 6) is -0.149. The van der Waals surface area contributed by atoms with Crippen LogP contribution in [0.15, 0.2) is 34.2 Å². The first-order valence-electron chi connectivity index (χ1n) is 9.56. The molecule has 0 aliphatic heterocycles. The van der Waals surface area contributed by atoms with Gasteiger partial charge in [0.25, 0.3) is 5.56 Å². The van der Waals surface area contributed by atoms with Crippen LogP contribution in [-0.4, -0.2) is 31.9 Å². The Labute approximate surface area is 196 Å². The molecular weight excluding hydrogens is 471 g/mol. The molecule has 8 nitrogen and oxygen atoms in total. The molecule has 0 atom stereocenters. The van der Waals surface area contributed by atoms with Crippen molar-refractivity contribution in [2.24, 2.45) is 5.10 Å². The molecule has 0 saturated heterocycles. The van der Waals surface area contributed by atoms with E-state index in [1.807, 2.05) is 19.9 Å². The molecule has 32 heavy (non-hydrogen) atoms. The second-order valence-electron chi connectivity index (χ2n) is 7.13. The number of nitrogens with zero attached hydrogens (tertiary/aromatic N) is 4. The van der Waals surface area contributed by atoms with Gasteiger partial charge in [-0.2, -0.15) is 10.2 Å². The lowest BCUT2D eigenvalue weighted by atomic mass is 10.2. The second-order valence-corrected chi connectivity index (χ2v) is 9.13. The van der Waals surface area contributed by atoms with Crippen LogP contribution in [0.5, 0.6) is 0 Å². The average molecular weight is 489 g/mol. The number of aromatic nitrogens is 4. The van der Waals surface area contributed by atoms with E-state index in [9.17, 15) is 9.59 Å². The van der Waals surface area contributed by atoms with Gasteiger partial charge >= 0.3 is 0 Å². The normalized spacial score (nSPS) is 11.5. The van der Waals surface area contributed by atoms with Crippen LogP contribution >= 0.6 is 34.5 Å². The summed E-state index contributed by atoms with van der Waals surface area (Å²) in [7, 11) is 0. The Kier molecular flexibility index (Phi) is 6.14. The number of fused-ring (bicyclic) bond motifs is 1. The van der Waals surface area contributed by atoms with E-state index in [1.54, 1.807) is 29.8 Å². The molecule has 0 aliphatic carbocycles. The van der Waals surface area contributed by atoms with E-state index in [4.69, 9.17) is 23.2 Å². The van der Waals surface area contributed by atoms with Gasteiger partial charge in [0.2, 0.25) is 5.91 Å². The quantitative estimate of drug-likeness (QED) is 0.325. The van der Waals surface area contributed by atoms with Gasteiger partial charge in [0.1, 0.15) is 15.8 Å². The van der Waals surface area contributed by atoms with Crippen LogP contribution in [0, 0.1) is 20.8 Å². The molecule has 0 spiro atoms. The predicted octanol–water partition coefficient (Wildman–Crippen LogP) is 4.10. The fourth-order valence-electron chi connectivity index (χ4n) is 3.18. The minimum Gasteiger partial charge on any atom is -0.309 e. The van der Waals surface area contributed by atoms with Gasteiger partial charge in [0.05, 0.1) is 35.0 Å². The molecule has 11 heteroatoms. The number of aromatic amines is 1. The van der Waals surface area contributed by atoms with Gasteiger partial charge in [0.15, 0.2) is 0 Å². The third kappa shape index (κ3) is 4.32. The Balaban J connectivity index is 1.48. The summed E-state index contributed by atoms with van der Waals surface area (Å²) in [5, 5.41) is 9.85. The molecule has 3 heterocycles. The fraction of sp³-hybridized carbons (Fsp3) is 0.190. The number of nitrogens with one attached hydrogen (secondary N) is 2. The summed E-state index contributed by atoms with van der Waals surface area (Å²) in [6.07, 6.45) is 1.31. The van der Waals surface area contributed by atoms with Gasteiger partial charge < -0.3 is 4.98 Å². The minimum absolute atomic E-state index is 0.118. The van der Waals surface area contributed by atoms with Crippen molar-refractivity contribution in [1.29, 1.82) is 0 Å². The first-order valence-corrected chi connectivity index (χ1v) is 11.1. The molecule has 4 rings (SSSR count). The van der Waals surface area contributed by atoms with Crippen LogP contribution in [0.3, 0.4) is 0 Å². The number of amides is 1. The van der Waals surface area contributed by atoms with Gasteiger partial charge in [-0.05, 0) is 44.5 Å². The number of hydrogen-bond donors (Lipinski definition) is 2. The van der Waals surface area contributed by atoms with E-state index >= 15 is 0 Å². The van der Waals surface area contributed by atoms with Crippen molar-refractivity contribution in [2.45, 2.75) is 27.2 Å². The van der Waals surface area contributed by atoms with Gasteiger partial charge in [-0.25, -0.2) is 15.1 Å². The lowest BCUT2D eigenvalue weighted by Gasteiger charge is -2.03. The van der Waals surface area contributed by atoms with E-state index in [0.29, 0.717) is 37.3 Å². The van der Waals surface area contributed by atoms with Gasteiger partial charge in [-0.15, -0.1) is 11.3 Å². The minimum atomic E-state index is -0.426. The van der Waals surface area contributed by atoms with Crippen molar-refractivity contribution in [3.63, 3.8) is 0 Å². The van der Waals surface area contributed by atoms with E-state index in [-0.39, 0.29) is 17.8 Å². The molecule has 164 valence electrons. The zero-order valence-corrected chi connectivity index (χ0v) is 19.7. The number of benzene rings is 1. The first-order chi connectivity index (χ1) is 15.2. The highest BCUT2D eigenvalue weighted by molar-refractivity contribution is 7.18. The van der Waals surface area contributed by atoms with E-state index in [0.717, 1.165) is 10.4 Å². The SMILES string of the molecule is Cc1nn(-c2cccc(Cl)c2)c(Cl)c1/C=N/NC(=O)Cc1nc2sc(C)c(C)c2c(=O)[nH]1. The van der Waals surface area contributed by atoms with Crippen LogP contribution in [0.25, 0.3) is 15.9 Å². The number of thiophene rings is 1. The number of carbonyl (C=O) groups excluding carboxylic acids is 1. The molecule has 3 aromatic heterocycles. The summed E-state index contributed by atoms with van der Waals surface area (Å²) in [5.41, 5.74) is 4.99. The third-order valence-corrected chi connectivity index (χ3v) is 6.60. The Morgan fingerprint density at radius 1 is 1.31 bits per heavy atom. The standard InChI is InChI=1S/C21H18Cl2N6O2S/c1-10-12(3)32-21-18(10)20(31)25-16(26-21)8-17(30)27-24-9-15-11(2)28-29(19(15)23)14-6-4-5-13(22)7-14/h4-7,9H,8H2,1-3H3,(H,27,30)(H,25,26,31)/b24-9+. The molecule has 1 aromatic carbocycles. The second kappa shape index (κ2) is 8.85. The summed E-state index contributed by atoms with van der Waals surface area (Å²) >= 11 is 13.9. The largest absolute Gasteiger partial charge is 0.309 e. The van der Waals surface area contributed by atoms with E-state index in [2.05, 4.69) is 25.6 Å². The van der Waals surface area contributed by atoms with Crippen LogP contribution in [0.2, 0.25) is 10.2 Å². The molecule has 0 fully saturated rings. The molecule has 0 saturated carbocycles. The van der Waals surface area contributed by atoms with Crippen LogP contribution < -0.4 is 11.0 Å². The summed E-state index contributed by atoms with van der Waals surface area (Å²) in [4.78, 5) is 33.4. The van der Waals surface area contributed by atoms with Crippen molar-refractivity contribution in [2.75, 3.05) is 0 Å². The molecule has 2 N–H and O–H groups in total. The van der Waals surface area contributed by atoms with E-state index < -0.39 is 5.91 Å². The average Bonchev–Trinajstić information content (AvgIpc) is 3.17. The Bertz CT molecular complexity index is 1440. The Morgan fingerprint density at radius 2 is 2.09 bits per heavy atom. The zero-order valence-electron chi connectivity index (χ0n) is 17.4. The van der Waals surface area contributed by atoms with Crippen LogP contribution in [-0.2, 0) is 11.2 Å². The number of H-pyrrole nitrogens is 1. The molecule has 0 aliphatic rings. The Morgan fingerprint density at radius 3 is 2.84 bits per heavy atom. The third-order valence-electron chi connectivity index (χ3n) is 4.90. The summed E-state index contributed by atoms with van der Waals surface area (Å²) in [6.45, 7) is 5.60. The smallest absolute Gasteiger partial charge is 0.259 e. The monoisotopic (exact) mass is 488 g/mol. The van der Waals surface area contributed by atoms with Crippen molar-refractivity contribution >= 4 is 56.9 Å². The molecule has 1 amide bonds. The van der Waals surface area contributed by atoms with E-state index in [1.165, 1.54) is 17.6 Å². The fourth-order valence-corrected chi connectivity index (χ4v) is 4.73. The molecule has 0 radical (unpaired) electrons. The Hall–Kier alpha value is -3.01. The summed E-state index contributed by atoms with van der Waals surface area (Å²) < 4.78 is 1.54. The highest BCUT2D eigenvalue weighted by Crippen LogP contribution is 2.26. The molecular formula is C21H18Cl2N6O2S. The zero-order chi connectivity index (χ0) is 23.0. The molecule has 0 unspecified atom stereocenters. The molecule has 4 aromatic rings. The van der Waals surface area contributed by atoms with Crippen molar-refractivity contribution in [1.82, 2.24) is 25.2 Å². The van der Waals surface area contributed by atoms with Crippen molar-refractivity contribution in [3.05, 3.63) is 72.3 Å². The van der Waals surface area contributed by atoms with Crippen LogP contribution in [0.1, 0.15) is 27.5 Å². The van der Waals surface area contributed by atoms with Crippen molar-refractivity contribution in [3.8, 4) is 5.69 Å². The first kappa shape index (κ1) is 22.2. The summed E-state index contributed by atoms with van der Waals surface area (Å²) in [6, 6.07) is 7.12. The van der Waals surface area contributed by atoms with Crippen LogP contribution in [0.4, 0.5) is 0 Å². The van der Waals surface area contributed by atoms with Gasteiger partial charge in [0, 0.05) is 9.90 Å². The number of aryl methyl sites for hydroxylation is 3. The number of halogens is 2. The van der Waals surface area contributed by atoms with Gasteiger partial charge in [-0.1, -0.05) is 29.3 Å². The van der Waals surface area contributed by atoms with Gasteiger partial charge in [-0.3, -0.25) is 9.59 Å². The lowest BCUT2D eigenvalue weighted by molar-refractivity contribution is -0.120. The van der Waals surface area contributed by atoms with Crippen molar-refractivity contribution < 1.29 is 4.79 Å².